The minimum absolute atomic E-state index is 0.0936. The van der Waals surface area contributed by atoms with E-state index in [1.54, 1.807) is 12.1 Å². The fourth-order valence-electron chi connectivity index (χ4n) is 9.35. The van der Waals surface area contributed by atoms with Gasteiger partial charge in [-0.25, -0.2) is 0 Å². The van der Waals surface area contributed by atoms with E-state index in [2.05, 4.69) is 20.8 Å². The van der Waals surface area contributed by atoms with E-state index in [0.717, 1.165) is 51.4 Å². The molecule has 0 saturated heterocycles. The molecular formula is C30H44O5. The van der Waals surface area contributed by atoms with Gasteiger partial charge in [0.2, 0.25) is 0 Å². The second-order valence-corrected chi connectivity index (χ2v) is 12.8. The maximum Gasteiger partial charge on any atom is 0.311 e. The maximum absolute atomic E-state index is 12.5. The first-order valence-corrected chi connectivity index (χ1v) is 13.9. The van der Waals surface area contributed by atoms with Gasteiger partial charge >= 0.3 is 5.97 Å². The first kappa shape index (κ1) is 25.2. The third-order valence-electron chi connectivity index (χ3n) is 11.3. The summed E-state index contributed by atoms with van der Waals surface area (Å²) in [7, 11) is 0. The lowest BCUT2D eigenvalue weighted by atomic mass is 9.43. The highest BCUT2D eigenvalue weighted by atomic mass is 16.5. The predicted octanol–water partition coefficient (Wildman–Crippen LogP) is 4.97. The molecule has 5 rings (SSSR count). The zero-order chi connectivity index (χ0) is 25.0. The average molecular weight is 485 g/mol. The molecule has 4 saturated carbocycles. The summed E-state index contributed by atoms with van der Waals surface area (Å²) in [5.74, 6) is 2.19. The van der Waals surface area contributed by atoms with Crippen molar-refractivity contribution >= 4 is 5.97 Å². The third-order valence-corrected chi connectivity index (χ3v) is 11.3. The Morgan fingerprint density at radius 2 is 1.77 bits per heavy atom. The van der Waals surface area contributed by atoms with E-state index in [4.69, 9.17) is 4.74 Å². The molecule has 5 nitrogen and oxygen atoms in total. The van der Waals surface area contributed by atoms with Gasteiger partial charge in [0.1, 0.15) is 5.75 Å². The molecule has 3 N–H and O–H groups in total. The van der Waals surface area contributed by atoms with Gasteiger partial charge in [0.25, 0.3) is 0 Å². The lowest BCUT2D eigenvalue weighted by Crippen LogP contribution is -2.62. The summed E-state index contributed by atoms with van der Waals surface area (Å²) >= 11 is 0. The topological polar surface area (TPSA) is 87.0 Å². The molecular weight excluding hydrogens is 440 g/mol. The van der Waals surface area contributed by atoms with Gasteiger partial charge < -0.3 is 20.1 Å². The van der Waals surface area contributed by atoms with E-state index >= 15 is 0 Å². The highest BCUT2D eigenvalue weighted by Gasteiger charge is 2.65. The summed E-state index contributed by atoms with van der Waals surface area (Å²) in [4.78, 5) is 12.5. The number of benzene rings is 1. The number of para-hydroxylation sites is 1. The molecule has 0 aromatic heterocycles. The third kappa shape index (κ3) is 4.26. The Hall–Kier alpha value is -1.43. The van der Waals surface area contributed by atoms with Crippen LogP contribution in [0.3, 0.4) is 0 Å². The molecule has 5 heteroatoms. The number of hydrogen-bond acceptors (Lipinski definition) is 5. The number of aliphatic hydroxyl groups is 3. The van der Waals surface area contributed by atoms with Crippen LogP contribution in [-0.4, -0.2) is 39.6 Å². The van der Waals surface area contributed by atoms with E-state index < -0.39 is 6.10 Å². The normalized spacial score (nSPS) is 45.7. The van der Waals surface area contributed by atoms with Crippen molar-refractivity contribution in [1.29, 1.82) is 0 Å². The number of esters is 1. The highest BCUT2D eigenvalue weighted by molar-refractivity contribution is 5.72. The van der Waals surface area contributed by atoms with E-state index in [-0.39, 0.29) is 34.9 Å². The van der Waals surface area contributed by atoms with Crippen molar-refractivity contribution in [1.82, 2.24) is 0 Å². The monoisotopic (exact) mass is 484 g/mol. The van der Waals surface area contributed by atoms with Gasteiger partial charge in [-0.15, -0.1) is 0 Å². The van der Waals surface area contributed by atoms with Gasteiger partial charge in [-0.1, -0.05) is 39.0 Å². The number of ether oxygens (including phenoxy) is 1. The van der Waals surface area contributed by atoms with Crippen LogP contribution in [0.5, 0.6) is 5.75 Å². The summed E-state index contributed by atoms with van der Waals surface area (Å²) in [5, 5.41) is 33.4. The first-order valence-electron chi connectivity index (χ1n) is 13.9. The number of rotatable bonds is 5. The molecule has 194 valence electrons. The van der Waals surface area contributed by atoms with Gasteiger partial charge in [-0.2, -0.15) is 0 Å². The van der Waals surface area contributed by atoms with Gasteiger partial charge in [-0.05, 0) is 110 Å². The number of fused-ring (bicyclic) bond motifs is 5. The molecule has 0 unspecified atom stereocenters. The molecule has 4 aliphatic carbocycles. The summed E-state index contributed by atoms with van der Waals surface area (Å²) in [6, 6.07) is 9.22. The van der Waals surface area contributed by atoms with Gasteiger partial charge in [0, 0.05) is 6.42 Å². The second-order valence-electron chi connectivity index (χ2n) is 12.8. The molecule has 4 fully saturated rings. The van der Waals surface area contributed by atoms with Crippen LogP contribution in [0.2, 0.25) is 0 Å². The van der Waals surface area contributed by atoms with Crippen LogP contribution in [0.1, 0.15) is 78.6 Å². The Kier molecular flexibility index (Phi) is 6.82. The zero-order valence-corrected chi connectivity index (χ0v) is 21.6. The quantitative estimate of drug-likeness (QED) is 0.406. The Bertz CT molecular complexity index is 903. The van der Waals surface area contributed by atoms with Crippen molar-refractivity contribution in [3.05, 3.63) is 30.3 Å². The maximum atomic E-state index is 12.5. The molecule has 0 aliphatic heterocycles. The Labute approximate surface area is 210 Å². The van der Waals surface area contributed by atoms with Crippen molar-refractivity contribution in [3.63, 3.8) is 0 Å². The molecule has 1 aromatic rings. The van der Waals surface area contributed by atoms with Crippen molar-refractivity contribution in [2.24, 2.45) is 46.3 Å². The predicted molar refractivity (Wildman–Crippen MR) is 134 cm³/mol. The standard InChI is InChI=1S/C30H44O5/c1-18(9-12-27(34)35-21-7-5-4-6-8-21)22-10-11-23-28-24(17-26(33)30(22,23)3)29(2)14-13-20(31)15-19(29)16-25(28)32/h4-8,18-20,22-26,28,31-33H,9-17H2,1-3H3/t18-,19+,20-,22-,23+,24+,25-,26+,28+,29+,30-/m1/s1. The molecule has 0 spiro atoms. The molecule has 0 radical (unpaired) electrons. The largest absolute Gasteiger partial charge is 0.427 e. The molecule has 0 amide bonds. The number of carbonyl (C=O) groups is 1. The number of carbonyl (C=O) groups excluding carboxylic acids is 1. The van der Waals surface area contributed by atoms with Gasteiger partial charge in [0.15, 0.2) is 0 Å². The zero-order valence-electron chi connectivity index (χ0n) is 21.6. The first-order chi connectivity index (χ1) is 16.6. The van der Waals surface area contributed by atoms with Crippen LogP contribution in [0, 0.1) is 46.3 Å². The summed E-state index contributed by atoms with van der Waals surface area (Å²) in [5.41, 5.74) is -0.140. The fourth-order valence-corrected chi connectivity index (χ4v) is 9.35. The van der Waals surface area contributed by atoms with E-state index in [9.17, 15) is 20.1 Å². The molecule has 0 heterocycles. The van der Waals surface area contributed by atoms with Crippen molar-refractivity contribution < 1.29 is 24.9 Å². The van der Waals surface area contributed by atoms with Crippen LogP contribution < -0.4 is 4.74 Å². The molecule has 11 atom stereocenters. The molecule has 1 aromatic carbocycles. The van der Waals surface area contributed by atoms with Crippen LogP contribution in [-0.2, 0) is 4.79 Å². The molecule has 35 heavy (non-hydrogen) atoms. The van der Waals surface area contributed by atoms with Crippen LogP contribution in [0.15, 0.2) is 30.3 Å². The van der Waals surface area contributed by atoms with Crippen molar-refractivity contribution in [2.75, 3.05) is 0 Å². The lowest BCUT2D eigenvalue weighted by molar-refractivity contribution is -0.207. The van der Waals surface area contributed by atoms with Crippen molar-refractivity contribution in [3.8, 4) is 5.75 Å². The van der Waals surface area contributed by atoms with Crippen LogP contribution in [0.25, 0.3) is 0 Å². The van der Waals surface area contributed by atoms with E-state index in [0.29, 0.717) is 41.8 Å². The SMILES string of the molecule is C[C@H](CCC(=O)Oc1ccccc1)[C@H]1CC[C@H]2[C@@H]3[C@H](O)C[C@@H]4C[C@H](O)CC[C@]4(C)[C@H]3C[C@H](O)[C@]12C. The molecule has 4 aliphatic rings. The molecule has 0 bridgehead atoms. The average Bonchev–Trinajstić information content (AvgIpc) is 3.18. The lowest BCUT2D eigenvalue weighted by Gasteiger charge is -2.63. The van der Waals surface area contributed by atoms with Gasteiger partial charge in [-0.3, -0.25) is 4.79 Å². The summed E-state index contributed by atoms with van der Waals surface area (Å²) < 4.78 is 5.49. The van der Waals surface area contributed by atoms with Crippen molar-refractivity contribution in [2.45, 2.75) is 96.9 Å². The smallest absolute Gasteiger partial charge is 0.311 e. The van der Waals surface area contributed by atoms with E-state index in [1.807, 2.05) is 18.2 Å². The number of hydrogen-bond donors (Lipinski definition) is 3. The van der Waals surface area contributed by atoms with Crippen LogP contribution in [0.4, 0.5) is 0 Å². The Morgan fingerprint density at radius 3 is 2.51 bits per heavy atom. The summed E-state index contributed by atoms with van der Waals surface area (Å²) in [6.45, 7) is 6.86. The Morgan fingerprint density at radius 1 is 1.03 bits per heavy atom. The minimum Gasteiger partial charge on any atom is -0.427 e. The van der Waals surface area contributed by atoms with E-state index in [1.165, 1.54) is 0 Å². The van der Waals surface area contributed by atoms with Gasteiger partial charge in [0.05, 0.1) is 18.3 Å². The number of aliphatic hydroxyl groups excluding tert-OH is 3. The Balaban J connectivity index is 1.29. The summed E-state index contributed by atoms with van der Waals surface area (Å²) in [6.07, 6.45) is 6.36. The second kappa shape index (κ2) is 9.46. The fraction of sp³-hybridized carbons (Fsp3) is 0.767. The minimum atomic E-state index is -0.394. The van der Waals surface area contributed by atoms with Crippen LogP contribution >= 0.6 is 0 Å². The highest BCUT2D eigenvalue weighted by Crippen LogP contribution is 2.68.